The molecule has 0 amide bonds. The summed E-state index contributed by atoms with van der Waals surface area (Å²) in [4.78, 5) is 37.2. The molecule has 0 spiro atoms. The lowest BCUT2D eigenvalue weighted by Gasteiger charge is -2.10. The molecule has 27 heavy (non-hydrogen) atoms. The van der Waals surface area contributed by atoms with Crippen LogP contribution in [0.1, 0.15) is 34.2 Å². The average molecular weight is 429 g/mol. The maximum absolute atomic E-state index is 12.6. The van der Waals surface area contributed by atoms with Gasteiger partial charge in [0.25, 0.3) is 5.56 Å². The summed E-state index contributed by atoms with van der Waals surface area (Å²) in [5.41, 5.74) is 0.219. The van der Waals surface area contributed by atoms with Crippen LogP contribution in [0.3, 0.4) is 0 Å². The van der Waals surface area contributed by atoms with Crippen LogP contribution in [-0.2, 0) is 11.3 Å². The van der Waals surface area contributed by atoms with Gasteiger partial charge in [-0.15, -0.1) is 0 Å². The van der Waals surface area contributed by atoms with E-state index in [2.05, 4.69) is 21.0 Å². The highest BCUT2D eigenvalue weighted by Crippen LogP contribution is 2.15. The van der Waals surface area contributed by atoms with Crippen molar-refractivity contribution in [3.05, 3.63) is 74.6 Å². The van der Waals surface area contributed by atoms with Crippen molar-refractivity contribution in [3.63, 3.8) is 0 Å². The van der Waals surface area contributed by atoms with Gasteiger partial charge in [-0.2, -0.15) is 5.10 Å². The van der Waals surface area contributed by atoms with Gasteiger partial charge in [0, 0.05) is 22.0 Å². The number of carbonyl (C=O) groups excluding carboxylic acids is 2. The Hall–Kier alpha value is -2.80. The summed E-state index contributed by atoms with van der Waals surface area (Å²) in [5, 5.41) is 4.97. The fraction of sp³-hybridized carbons (Fsp3) is 0.200. The molecule has 0 radical (unpaired) electrons. The third-order valence-corrected chi connectivity index (χ3v) is 4.53. The zero-order chi connectivity index (χ0) is 19.4. The van der Waals surface area contributed by atoms with Crippen LogP contribution in [0.2, 0.25) is 0 Å². The normalized spacial score (nSPS) is 10.7. The number of rotatable bonds is 6. The highest BCUT2D eigenvalue weighted by molar-refractivity contribution is 9.10. The number of carbonyl (C=O) groups is 2. The van der Waals surface area contributed by atoms with Gasteiger partial charge in [0.15, 0.2) is 18.1 Å². The van der Waals surface area contributed by atoms with Crippen molar-refractivity contribution >= 4 is 38.5 Å². The minimum absolute atomic E-state index is 0.0299. The Morgan fingerprint density at radius 2 is 1.74 bits per heavy atom. The van der Waals surface area contributed by atoms with Crippen molar-refractivity contribution in [3.8, 4) is 0 Å². The largest absolute Gasteiger partial charge is 0.452 e. The number of hydrogen-bond acceptors (Lipinski definition) is 5. The number of halogens is 1. The zero-order valence-corrected chi connectivity index (χ0v) is 16.2. The summed E-state index contributed by atoms with van der Waals surface area (Å²) in [6.45, 7) is 1.91. The van der Waals surface area contributed by atoms with Crippen molar-refractivity contribution in [2.75, 3.05) is 6.61 Å². The molecule has 1 aromatic heterocycles. The minimum Gasteiger partial charge on any atom is -0.452 e. The molecular formula is C20H17BrN2O4. The maximum atomic E-state index is 12.6. The number of hydrogen-bond donors (Lipinski definition) is 0. The van der Waals surface area contributed by atoms with Gasteiger partial charge >= 0.3 is 5.97 Å². The maximum Gasteiger partial charge on any atom is 0.359 e. The standard InChI is InChI=1S/C20H17BrN2O4/c1-2-11-23-19(25)16-6-4-3-5-15(16)18(22-23)20(26)27-12-17(24)13-7-9-14(21)10-8-13/h3-10H,2,11-12H2,1H3. The summed E-state index contributed by atoms with van der Waals surface area (Å²) >= 11 is 3.30. The van der Waals surface area contributed by atoms with Gasteiger partial charge in [0.1, 0.15) is 0 Å². The van der Waals surface area contributed by atoms with Crippen LogP contribution in [0.5, 0.6) is 0 Å². The Morgan fingerprint density at radius 3 is 2.41 bits per heavy atom. The summed E-state index contributed by atoms with van der Waals surface area (Å²) in [7, 11) is 0. The van der Waals surface area contributed by atoms with Gasteiger partial charge in [-0.05, 0) is 24.6 Å². The molecule has 0 aliphatic rings. The SMILES string of the molecule is CCCn1nc(C(=O)OCC(=O)c2ccc(Br)cc2)c2ccccc2c1=O. The van der Waals surface area contributed by atoms with E-state index in [1.54, 1.807) is 48.5 Å². The fourth-order valence-corrected chi connectivity index (χ4v) is 2.93. The number of esters is 1. The van der Waals surface area contributed by atoms with Crippen LogP contribution in [0, 0.1) is 0 Å². The lowest BCUT2D eigenvalue weighted by atomic mass is 10.1. The third-order valence-electron chi connectivity index (χ3n) is 4.00. The van der Waals surface area contributed by atoms with E-state index >= 15 is 0 Å². The molecule has 0 aliphatic heterocycles. The summed E-state index contributed by atoms with van der Waals surface area (Å²) < 4.78 is 7.29. The Morgan fingerprint density at radius 1 is 1.07 bits per heavy atom. The van der Waals surface area contributed by atoms with Crippen LogP contribution in [0.4, 0.5) is 0 Å². The molecule has 6 nitrogen and oxygen atoms in total. The molecule has 0 aliphatic carbocycles. The Bertz CT molecular complexity index is 1060. The van der Waals surface area contributed by atoms with E-state index in [4.69, 9.17) is 4.74 Å². The minimum atomic E-state index is -0.735. The molecule has 1 heterocycles. The van der Waals surface area contributed by atoms with Gasteiger partial charge in [-0.25, -0.2) is 9.48 Å². The van der Waals surface area contributed by atoms with Gasteiger partial charge in [-0.1, -0.05) is 53.2 Å². The van der Waals surface area contributed by atoms with Crippen molar-refractivity contribution in [1.82, 2.24) is 9.78 Å². The van der Waals surface area contributed by atoms with Crippen molar-refractivity contribution < 1.29 is 14.3 Å². The average Bonchev–Trinajstić information content (AvgIpc) is 2.68. The van der Waals surface area contributed by atoms with E-state index < -0.39 is 12.6 Å². The molecule has 138 valence electrons. The number of ether oxygens (including phenoxy) is 1. The van der Waals surface area contributed by atoms with E-state index in [1.165, 1.54) is 4.68 Å². The first-order valence-corrected chi connectivity index (χ1v) is 9.26. The highest BCUT2D eigenvalue weighted by atomic mass is 79.9. The Labute approximate surface area is 163 Å². The van der Waals surface area contributed by atoms with E-state index in [-0.39, 0.29) is 17.0 Å². The molecule has 3 rings (SSSR count). The second-order valence-corrected chi connectivity index (χ2v) is 6.84. The smallest absolute Gasteiger partial charge is 0.359 e. The lowest BCUT2D eigenvalue weighted by Crippen LogP contribution is -2.27. The molecule has 0 unspecified atom stereocenters. The van der Waals surface area contributed by atoms with Crippen LogP contribution in [-0.4, -0.2) is 28.1 Å². The summed E-state index contributed by atoms with van der Waals surface area (Å²) in [6, 6.07) is 13.5. The Kier molecular flexibility index (Phi) is 5.81. The number of Topliss-reactive ketones (excluding diaryl/α,β-unsaturated/α-hetero) is 1. The molecule has 0 saturated carbocycles. The highest BCUT2D eigenvalue weighted by Gasteiger charge is 2.19. The second-order valence-electron chi connectivity index (χ2n) is 5.93. The van der Waals surface area contributed by atoms with Gasteiger partial charge < -0.3 is 4.74 Å². The zero-order valence-electron chi connectivity index (χ0n) is 14.6. The van der Waals surface area contributed by atoms with Crippen LogP contribution in [0.25, 0.3) is 10.8 Å². The predicted octanol–water partition coefficient (Wildman–Crippen LogP) is 3.61. The van der Waals surface area contributed by atoms with Gasteiger partial charge in [0.05, 0.1) is 5.39 Å². The predicted molar refractivity (Wildman–Crippen MR) is 105 cm³/mol. The first-order valence-electron chi connectivity index (χ1n) is 8.47. The monoisotopic (exact) mass is 428 g/mol. The van der Waals surface area contributed by atoms with Crippen LogP contribution < -0.4 is 5.56 Å². The molecular weight excluding hydrogens is 412 g/mol. The van der Waals surface area contributed by atoms with Crippen LogP contribution >= 0.6 is 15.9 Å². The summed E-state index contributed by atoms with van der Waals surface area (Å²) in [6.07, 6.45) is 0.696. The second kappa shape index (κ2) is 8.26. The molecule has 0 bridgehead atoms. The Balaban J connectivity index is 1.87. The number of fused-ring (bicyclic) bond motifs is 1. The van der Waals surface area contributed by atoms with Gasteiger partial charge in [0.2, 0.25) is 0 Å². The first kappa shape index (κ1) is 19.0. The number of benzene rings is 2. The van der Waals surface area contributed by atoms with E-state index in [9.17, 15) is 14.4 Å². The number of ketones is 1. The molecule has 3 aromatic rings. The van der Waals surface area contributed by atoms with E-state index in [1.807, 2.05) is 6.92 Å². The molecule has 0 N–H and O–H groups in total. The molecule has 0 fully saturated rings. The fourth-order valence-electron chi connectivity index (χ4n) is 2.67. The third kappa shape index (κ3) is 4.14. The van der Waals surface area contributed by atoms with E-state index in [0.29, 0.717) is 29.3 Å². The molecule has 0 saturated heterocycles. The van der Waals surface area contributed by atoms with Crippen molar-refractivity contribution in [1.29, 1.82) is 0 Å². The quantitative estimate of drug-likeness (QED) is 0.442. The van der Waals surface area contributed by atoms with Crippen molar-refractivity contribution in [2.45, 2.75) is 19.9 Å². The number of aryl methyl sites for hydroxylation is 1. The summed E-state index contributed by atoms with van der Waals surface area (Å²) in [5.74, 6) is -1.05. The number of nitrogens with zero attached hydrogens (tertiary/aromatic N) is 2. The molecule has 7 heteroatoms. The molecule has 2 aromatic carbocycles. The van der Waals surface area contributed by atoms with Crippen LogP contribution in [0.15, 0.2) is 57.8 Å². The van der Waals surface area contributed by atoms with Crippen molar-refractivity contribution in [2.24, 2.45) is 0 Å². The lowest BCUT2D eigenvalue weighted by molar-refractivity contribution is 0.0468. The topological polar surface area (TPSA) is 78.3 Å². The molecule has 0 atom stereocenters. The van der Waals surface area contributed by atoms with E-state index in [0.717, 1.165) is 4.47 Å². The van der Waals surface area contributed by atoms with Gasteiger partial charge in [-0.3, -0.25) is 9.59 Å². The number of aromatic nitrogens is 2. The first-order chi connectivity index (χ1) is 13.0.